The molecule has 24 heavy (non-hydrogen) atoms. The maximum atomic E-state index is 12.0. The van der Waals surface area contributed by atoms with Crippen molar-refractivity contribution in [3.05, 3.63) is 40.3 Å². The van der Waals surface area contributed by atoms with Gasteiger partial charge < -0.3 is 24.5 Å². The van der Waals surface area contributed by atoms with Crippen LogP contribution in [0.3, 0.4) is 0 Å². The summed E-state index contributed by atoms with van der Waals surface area (Å²) in [4.78, 5) is 23.8. The second-order valence-electron chi connectivity index (χ2n) is 4.86. The van der Waals surface area contributed by atoms with Crippen molar-refractivity contribution in [2.24, 2.45) is 0 Å². The summed E-state index contributed by atoms with van der Waals surface area (Å²) < 4.78 is 16.0. The van der Waals surface area contributed by atoms with Gasteiger partial charge in [-0.05, 0) is 46.6 Å². The number of anilines is 1. The minimum atomic E-state index is -0.472. The van der Waals surface area contributed by atoms with Crippen LogP contribution in [-0.4, -0.2) is 32.6 Å². The third kappa shape index (κ3) is 4.29. The Morgan fingerprint density at radius 3 is 2.42 bits per heavy atom. The molecule has 0 radical (unpaired) electrons. The zero-order valence-corrected chi connectivity index (χ0v) is 15.0. The Morgan fingerprint density at radius 1 is 1.17 bits per heavy atom. The van der Waals surface area contributed by atoms with Crippen LogP contribution in [0.2, 0.25) is 0 Å². The van der Waals surface area contributed by atoms with Gasteiger partial charge in [-0.1, -0.05) is 0 Å². The summed E-state index contributed by atoms with van der Waals surface area (Å²) in [6.07, 6.45) is 0. The standard InChI is InChI=1S/C16H17BrN2O5/c1-9-6-12(22-2)13(23-3)7-10(9)19-15(20)8-18-16(21)11-4-5-14(17)24-11/h4-7H,8H2,1-3H3,(H,18,21)(H,19,20). The van der Waals surface area contributed by atoms with Crippen molar-refractivity contribution >= 4 is 33.4 Å². The first-order valence-electron chi connectivity index (χ1n) is 7.00. The monoisotopic (exact) mass is 396 g/mol. The van der Waals surface area contributed by atoms with Crippen LogP contribution < -0.4 is 20.1 Å². The number of methoxy groups -OCH3 is 2. The van der Waals surface area contributed by atoms with Gasteiger partial charge in [0.15, 0.2) is 21.9 Å². The highest BCUT2D eigenvalue weighted by Crippen LogP contribution is 2.32. The quantitative estimate of drug-likeness (QED) is 0.783. The van der Waals surface area contributed by atoms with E-state index in [1.807, 2.05) is 6.92 Å². The fourth-order valence-corrected chi connectivity index (χ4v) is 2.30. The van der Waals surface area contributed by atoms with E-state index >= 15 is 0 Å². The third-order valence-corrected chi connectivity index (χ3v) is 3.64. The van der Waals surface area contributed by atoms with E-state index in [0.717, 1.165) is 5.56 Å². The van der Waals surface area contributed by atoms with E-state index in [0.29, 0.717) is 21.9 Å². The molecular formula is C16H17BrN2O5. The molecule has 0 spiro atoms. The Kier molecular flexibility index (Phi) is 5.86. The zero-order valence-electron chi connectivity index (χ0n) is 13.4. The summed E-state index contributed by atoms with van der Waals surface area (Å²) in [5.74, 6) is 0.355. The summed E-state index contributed by atoms with van der Waals surface area (Å²) in [6.45, 7) is 1.64. The van der Waals surface area contributed by atoms with E-state index in [-0.39, 0.29) is 18.2 Å². The number of hydrogen-bond donors (Lipinski definition) is 2. The van der Waals surface area contributed by atoms with Crippen LogP contribution in [0.25, 0.3) is 0 Å². The Hall–Kier alpha value is -2.48. The molecule has 2 amide bonds. The van der Waals surface area contributed by atoms with Gasteiger partial charge >= 0.3 is 0 Å². The van der Waals surface area contributed by atoms with Crippen molar-refractivity contribution in [3.63, 3.8) is 0 Å². The van der Waals surface area contributed by atoms with Crippen molar-refractivity contribution < 1.29 is 23.5 Å². The highest BCUT2D eigenvalue weighted by Gasteiger charge is 2.14. The lowest BCUT2D eigenvalue weighted by atomic mass is 10.1. The number of carbonyl (C=O) groups is 2. The molecule has 2 N–H and O–H groups in total. The molecule has 0 atom stereocenters. The number of rotatable bonds is 6. The van der Waals surface area contributed by atoms with E-state index in [1.165, 1.54) is 20.3 Å². The topological polar surface area (TPSA) is 89.8 Å². The second kappa shape index (κ2) is 7.87. The molecule has 2 rings (SSSR count). The first kappa shape index (κ1) is 17.9. The lowest BCUT2D eigenvalue weighted by Crippen LogP contribution is -2.32. The van der Waals surface area contributed by atoms with Crippen molar-refractivity contribution in [1.29, 1.82) is 0 Å². The summed E-state index contributed by atoms with van der Waals surface area (Å²) in [5.41, 5.74) is 1.38. The molecule has 8 heteroatoms. The molecule has 1 heterocycles. The van der Waals surface area contributed by atoms with Crippen LogP contribution in [0, 0.1) is 6.92 Å². The van der Waals surface area contributed by atoms with Crippen LogP contribution >= 0.6 is 15.9 Å². The molecule has 0 aliphatic rings. The molecule has 128 valence electrons. The van der Waals surface area contributed by atoms with E-state index < -0.39 is 5.91 Å². The highest BCUT2D eigenvalue weighted by atomic mass is 79.9. The first-order valence-corrected chi connectivity index (χ1v) is 7.80. The summed E-state index contributed by atoms with van der Waals surface area (Å²) in [7, 11) is 3.05. The van der Waals surface area contributed by atoms with Gasteiger partial charge in [-0.2, -0.15) is 0 Å². The fourth-order valence-electron chi connectivity index (χ4n) is 1.99. The molecule has 0 bridgehead atoms. The van der Waals surface area contributed by atoms with Crippen LogP contribution in [0.15, 0.2) is 33.4 Å². The summed E-state index contributed by atoms with van der Waals surface area (Å²) >= 11 is 3.11. The number of ether oxygens (including phenoxy) is 2. The average molecular weight is 397 g/mol. The normalized spacial score (nSPS) is 10.2. The van der Waals surface area contributed by atoms with Gasteiger partial charge in [0.25, 0.3) is 5.91 Å². The number of amides is 2. The Bertz CT molecular complexity index is 757. The Morgan fingerprint density at radius 2 is 1.83 bits per heavy atom. The maximum absolute atomic E-state index is 12.0. The predicted octanol–water partition coefficient (Wildman–Crippen LogP) is 2.74. The van der Waals surface area contributed by atoms with E-state index in [9.17, 15) is 9.59 Å². The molecule has 0 saturated heterocycles. The largest absolute Gasteiger partial charge is 0.493 e. The highest BCUT2D eigenvalue weighted by molar-refractivity contribution is 9.10. The molecule has 1 aromatic heterocycles. The third-order valence-electron chi connectivity index (χ3n) is 3.21. The van der Waals surface area contributed by atoms with Crippen LogP contribution in [0.4, 0.5) is 5.69 Å². The molecule has 1 aromatic carbocycles. The first-order chi connectivity index (χ1) is 11.4. The minimum absolute atomic E-state index is 0.122. The molecule has 0 saturated carbocycles. The molecule has 0 fully saturated rings. The smallest absolute Gasteiger partial charge is 0.287 e. The van der Waals surface area contributed by atoms with Crippen molar-refractivity contribution in [2.75, 3.05) is 26.1 Å². The SMILES string of the molecule is COc1cc(C)c(NC(=O)CNC(=O)c2ccc(Br)o2)cc1OC. The fraction of sp³-hybridized carbons (Fsp3) is 0.250. The van der Waals surface area contributed by atoms with Gasteiger partial charge in [-0.3, -0.25) is 9.59 Å². The summed E-state index contributed by atoms with van der Waals surface area (Å²) in [5, 5.41) is 5.20. The minimum Gasteiger partial charge on any atom is -0.493 e. The lowest BCUT2D eigenvalue weighted by molar-refractivity contribution is -0.115. The van der Waals surface area contributed by atoms with Crippen LogP contribution in [0.5, 0.6) is 11.5 Å². The number of hydrogen-bond acceptors (Lipinski definition) is 5. The van der Waals surface area contributed by atoms with E-state index in [4.69, 9.17) is 13.9 Å². The predicted molar refractivity (Wildman–Crippen MR) is 91.7 cm³/mol. The van der Waals surface area contributed by atoms with Gasteiger partial charge in [-0.15, -0.1) is 0 Å². The Labute approximate surface area is 147 Å². The number of carbonyl (C=O) groups excluding carboxylic acids is 2. The van der Waals surface area contributed by atoms with E-state index in [2.05, 4.69) is 26.6 Å². The molecule has 0 aliphatic heterocycles. The van der Waals surface area contributed by atoms with E-state index in [1.54, 1.807) is 18.2 Å². The van der Waals surface area contributed by atoms with Crippen LogP contribution in [0.1, 0.15) is 16.1 Å². The van der Waals surface area contributed by atoms with Gasteiger partial charge in [-0.25, -0.2) is 0 Å². The number of furan rings is 1. The average Bonchev–Trinajstić information content (AvgIpc) is 3.00. The van der Waals surface area contributed by atoms with Crippen LogP contribution in [-0.2, 0) is 4.79 Å². The van der Waals surface area contributed by atoms with Crippen molar-refractivity contribution in [2.45, 2.75) is 6.92 Å². The van der Waals surface area contributed by atoms with Gasteiger partial charge in [0.2, 0.25) is 5.91 Å². The molecule has 0 aliphatic carbocycles. The second-order valence-corrected chi connectivity index (χ2v) is 5.64. The zero-order chi connectivity index (χ0) is 17.7. The Balaban J connectivity index is 1.98. The molecule has 7 nitrogen and oxygen atoms in total. The molecular weight excluding hydrogens is 380 g/mol. The van der Waals surface area contributed by atoms with Crippen molar-refractivity contribution in [1.82, 2.24) is 5.32 Å². The number of nitrogens with one attached hydrogen (secondary N) is 2. The number of aryl methyl sites for hydroxylation is 1. The van der Waals surface area contributed by atoms with Gasteiger partial charge in [0.05, 0.1) is 20.8 Å². The number of halogens is 1. The maximum Gasteiger partial charge on any atom is 0.287 e. The molecule has 2 aromatic rings. The van der Waals surface area contributed by atoms with Crippen molar-refractivity contribution in [3.8, 4) is 11.5 Å². The molecule has 0 unspecified atom stereocenters. The summed E-state index contributed by atoms with van der Waals surface area (Å²) in [6, 6.07) is 6.53. The lowest BCUT2D eigenvalue weighted by Gasteiger charge is -2.13. The number of benzene rings is 1. The van der Waals surface area contributed by atoms with Gasteiger partial charge in [0, 0.05) is 11.8 Å². The van der Waals surface area contributed by atoms with Gasteiger partial charge in [0.1, 0.15) is 0 Å².